The molecule has 1 aliphatic carbocycles. The number of aromatic nitrogens is 2. The van der Waals surface area contributed by atoms with Crippen LogP contribution in [-0.2, 0) is 6.54 Å². The number of nitrogens with zero attached hydrogens (tertiary/aromatic N) is 2. The molecule has 0 aliphatic heterocycles. The number of aliphatic hydroxyl groups excluding tert-OH is 1. The number of hydrogen-bond acceptors (Lipinski definition) is 3. The van der Waals surface area contributed by atoms with Crippen LogP contribution in [0.4, 0.5) is 5.82 Å². The molecule has 0 bridgehead atoms. The molecule has 4 nitrogen and oxygen atoms in total. The van der Waals surface area contributed by atoms with E-state index < -0.39 is 0 Å². The van der Waals surface area contributed by atoms with E-state index in [0.717, 1.165) is 11.6 Å². The molecular formula is C10H17N3O. The molecule has 0 spiro atoms. The van der Waals surface area contributed by atoms with Gasteiger partial charge in [0.25, 0.3) is 0 Å². The van der Waals surface area contributed by atoms with Crippen molar-refractivity contribution in [2.75, 3.05) is 12.3 Å². The van der Waals surface area contributed by atoms with Crippen molar-refractivity contribution < 1.29 is 5.11 Å². The first-order valence-electron chi connectivity index (χ1n) is 5.14. The minimum atomic E-state index is 0.0897. The zero-order valence-electron chi connectivity index (χ0n) is 8.48. The molecule has 1 aliphatic rings. The Bertz CT molecular complexity index is 315. The Kier molecular flexibility index (Phi) is 2.46. The summed E-state index contributed by atoms with van der Waals surface area (Å²) >= 11 is 0. The fourth-order valence-corrected chi connectivity index (χ4v) is 2.07. The average molecular weight is 195 g/mol. The summed E-state index contributed by atoms with van der Waals surface area (Å²) in [6, 6.07) is 1.94. The van der Waals surface area contributed by atoms with Gasteiger partial charge in [-0.05, 0) is 18.8 Å². The van der Waals surface area contributed by atoms with E-state index >= 15 is 0 Å². The van der Waals surface area contributed by atoms with E-state index in [-0.39, 0.29) is 6.61 Å². The molecule has 78 valence electrons. The second-order valence-corrected chi connectivity index (χ2v) is 4.21. The Hall–Kier alpha value is -1.03. The standard InChI is InChI=1S/C10H17N3O/c1-7-4-8(5-7)9-6-10(11)13(12-9)2-3-14/h6-8,14H,2-5,11H2,1H3. The van der Waals surface area contributed by atoms with Crippen LogP contribution in [0.15, 0.2) is 6.07 Å². The quantitative estimate of drug-likeness (QED) is 0.755. The van der Waals surface area contributed by atoms with Crippen molar-refractivity contribution in [3.05, 3.63) is 11.8 Å². The van der Waals surface area contributed by atoms with Crippen LogP contribution in [0.1, 0.15) is 31.4 Å². The first kappa shape index (κ1) is 9.52. The molecule has 1 fully saturated rings. The summed E-state index contributed by atoms with van der Waals surface area (Å²) in [4.78, 5) is 0. The molecule has 4 heteroatoms. The smallest absolute Gasteiger partial charge is 0.122 e. The van der Waals surface area contributed by atoms with Crippen LogP contribution in [0.5, 0.6) is 0 Å². The maximum absolute atomic E-state index is 8.79. The van der Waals surface area contributed by atoms with Crippen molar-refractivity contribution in [1.29, 1.82) is 0 Å². The van der Waals surface area contributed by atoms with Crippen LogP contribution >= 0.6 is 0 Å². The van der Waals surface area contributed by atoms with Gasteiger partial charge >= 0.3 is 0 Å². The molecule has 14 heavy (non-hydrogen) atoms. The Balaban J connectivity index is 2.08. The highest BCUT2D eigenvalue weighted by atomic mass is 16.3. The van der Waals surface area contributed by atoms with E-state index in [1.54, 1.807) is 4.68 Å². The van der Waals surface area contributed by atoms with Crippen LogP contribution in [0.25, 0.3) is 0 Å². The number of nitrogens with two attached hydrogens (primary N) is 1. The highest BCUT2D eigenvalue weighted by molar-refractivity contribution is 5.33. The molecule has 2 rings (SSSR count). The lowest BCUT2D eigenvalue weighted by atomic mass is 9.74. The maximum atomic E-state index is 8.79. The Morgan fingerprint density at radius 1 is 1.64 bits per heavy atom. The van der Waals surface area contributed by atoms with Crippen LogP contribution in [0.3, 0.4) is 0 Å². The van der Waals surface area contributed by atoms with Gasteiger partial charge in [-0.2, -0.15) is 5.10 Å². The van der Waals surface area contributed by atoms with Crippen LogP contribution in [0, 0.1) is 5.92 Å². The monoisotopic (exact) mass is 195 g/mol. The molecular weight excluding hydrogens is 178 g/mol. The van der Waals surface area contributed by atoms with Crippen molar-refractivity contribution in [1.82, 2.24) is 9.78 Å². The lowest BCUT2D eigenvalue weighted by Gasteiger charge is -2.31. The van der Waals surface area contributed by atoms with Crippen molar-refractivity contribution in [2.24, 2.45) is 5.92 Å². The summed E-state index contributed by atoms with van der Waals surface area (Å²) in [5, 5.41) is 13.2. The molecule has 1 saturated carbocycles. The van der Waals surface area contributed by atoms with Gasteiger partial charge in [0.05, 0.1) is 18.8 Å². The summed E-state index contributed by atoms with van der Waals surface area (Å²) in [5.74, 6) is 2.07. The SMILES string of the molecule is CC1CC(c2cc(N)n(CCO)n2)C1. The van der Waals surface area contributed by atoms with E-state index in [4.69, 9.17) is 10.8 Å². The molecule has 0 atom stereocenters. The number of anilines is 1. The van der Waals surface area contributed by atoms with Gasteiger partial charge < -0.3 is 10.8 Å². The minimum absolute atomic E-state index is 0.0897. The normalized spacial score (nSPS) is 26.1. The predicted octanol–water partition coefficient (Wildman–Crippen LogP) is 0.971. The van der Waals surface area contributed by atoms with Crippen molar-refractivity contribution in [3.8, 4) is 0 Å². The summed E-state index contributed by atoms with van der Waals surface area (Å²) in [7, 11) is 0. The topological polar surface area (TPSA) is 64.1 Å². The number of hydrogen-bond donors (Lipinski definition) is 2. The number of nitrogen functional groups attached to an aromatic ring is 1. The highest BCUT2D eigenvalue weighted by Crippen LogP contribution is 2.40. The van der Waals surface area contributed by atoms with Crippen LogP contribution in [-0.4, -0.2) is 21.5 Å². The van der Waals surface area contributed by atoms with E-state index in [1.807, 2.05) is 6.07 Å². The Labute approximate surface area is 83.7 Å². The summed E-state index contributed by atoms with van der Waals surface area (Å²) in [6.07, 6.45) is 2.44. The molecule has 0 saturated heterocycles. The number of aliphatic hydroxyl groups is 1. The lowest BCUT2D eigenvalue weighted by Crippen LogP contribution is -2.19. The molecule has 3 N–H and O–H groups in total. The van der Waals surface area contributed by atoms with Gasteiger partial charge in [-0.25, -0.2) is 4.68 Å². The van der Waals surface area contributed by atoms with Gasteiger partial charge in [0.2, 0.25) is 0 Å². The summed E-state index contributed by atoms with van der Waals surface area (Å²) in [6.45, 7) is 2.84. The van der Waals surface area contributed by atoms with Crippen molar-refractivity contribution in [3.63, 3.8) is 0 Å². The first-order valence-corrected chi connectivity index (χ1v) is 5.14. The van der Waals surface area contributed by atoms with Gasteiger partial charge in [0, 0.05) is 12.0 Å². The molecule has 0 aromatic carbocycles. The fourth-order valence-electron chi connectivity index (χ4n) is 2.07. The van der Waals surface area contributed by atoms with Crippen LogP contribution < -0.4 is 5.73 Å². The molecule has 0 amide bonds. The first-order chi connectivity index (χ1) is 6.70. The summed E-state index contributed by atoms with van der Waals surface area (Å²) in [5.41, 5.74) is 6.86. The van der Waals surface area contributed by atoms with Crippen molar-refractivity contribution >= 4 is 5.82 Å². The molecule has 1 heterocycles. The van der Waals surface area contributed by atoms with Gasteiger partial charge in [-0.1, -0.05) is 6.92 Å². The minimum Gasteiger partial charge on any atom is -0.394 e. The third kappa shape index (κ3) is 1.62. The van der Waals surface area contributed by atoms with Gasteiger partial charge in [0.1, 0.15) is 5.82 Å². The zero-order valence-corrected chi connectivity index (χ0v) is 8.48. The Morgan fingerprint density at radius 2 is 2.36 bits per heavy atom. The lowest BCUT2D eigenvalue weighted by molar-refractivity contribution is 0.263. The number of rotatable bonds is 3. The van der Waals surface area contributed by atoms with Gasteiger partial charge in [-0.3, -0.25) is 0 Å². The molecule has 1 aromatic heterocycles. The third-order valence-corrected chi connectivity index (χ3v) is 2.93. The van der Waals surface area contributed by atoms with Crippen LogP contribution in [0.2, 0.25) is 0 Å². The molecule has 0 radical (unpaired) electrons. The third-order valence-electron chi connectivity index (χ3n) is 2.93. The largest absolute Gasteiger partial charge is 0.394 e. The van der Waals surface area contributed by atoms with Crippen molar-refractivity contribution in [2.45, 2.75) is 32.2 Å². The second kappa shape index (κ2) is 3.61. The molecule has 0 unspecified atom stereocenters. The summed E-state index contributed by atoms with van der Waals surface area (Å²) < 4.78 is 1.68. The highest BCUT2D eigenvalue weighted by Gasteiger charge is 2.29. The second-order valence-electron chi connectivity index (χ2n) is 4.21. The van der Waals surface area contributed by atoms with E-state index in [2.05, 4.69) is 12.0 Å². The Morgan fingerprint density at radius 3 is 2.93 bits per heavy atom. The average Bonchev–Trinajstić information content (AvgIpc) is 2.43. The fraction of sp³-hybridized carbons (Fsp3) is 0.700. The molecule has 1 aromatic rings. The van der Waals surface area contributed by atoms with Gasteiger partial charge in [0.15, 0.2) is 0 Å². The van der Waals surface area contributed by atoms with E-state index in [9.17, 15) is 0 Å². The van der Waals surface area contributed by atoms with E-state index in [1.165, 1.54) is 12.8 Å². The predicted molar refractivity (Wildman–Crippen MR) is 54.9 cm³/mol. The maximum Gasteiger partial charge on any atom is 0.122 e. The zero-order chi connectivity index (χ0) is 10.1. The van der Waals surface area contributed by atoms with Gasteiger partial charge in [-0.15, -0.1) is 0 Å². The van der Waals surface area contributed by atoms with E-state index in [0.29, 0.717) is 18.3 Å².